The zero-order valence-electron chi connectivity index (χ0n) is 24.3. The Morgan fingerprint density at radius 1 is 1.18 bits per heavy atom. The Bertz CT molecular complexity index is 1010. The fourth-order valence-corrected chi connectivity index (χ4v) is 4.58. The van der Waals surface area contributed by atoms with E-state index in [1.165, 1.54) is 68.5 Å². The third-order valence-corrected chi connectivity index (χ3v) is 6.87. The molecule has 3 N–H and O–H groups in total. The van der Waals surface area contributed by atoms with Crippen LogP contribution in [0.2, 0.25) is 5.15 Å². The van der Waals surface area contributed by atoms with Crippen molar-refractivity contribution < 1.29 is 14.5 Å². The Hall–Kier alpha value is -2.51. The third-order valence-electron chi connectivity index (χ3n) is 6.05. The fraction of sp³-hybridized carbons (Fsp3) is 0.593. The smallest absolute Gasteiger partial charge is 0.348 e. The molecule has 0 amide bonds. The molecule has 0 spiro atoms. The molecule has 0 atom stereocenters. The third kappa shape index (κ3) is 13.7. The van der Waals surface area contributed by atoms with Crippen molar-refractivity contribution in [2.75, 3.05) is 57.9 Å². The van der Waals surface area contributed by atoms with Crippen molar-refractivity contribution in [3.8, 4) is 0 Å². The first-order chi connectivity index (χ1) is 19.2. The molecule has 224 valence electrons. The lowest BCUT2D eigenvalue weighted by molar-refractivity contribution is -0.384. The second-order valence-electron chi connectivity index (χ2n) is 8.82. The van der Waals surface area contributed by atoms with Gasteiger partial charge in [-0.3, -0.25) is 19.8 Å². The average molecular weight is 598 g/mol. The summed E-state index contributed by atoms with van der Waals surface area (Å²) in [5, 5.41) is 13.6. The van der Waals surface area contributed by atoms with Crippen LogP contribution in [0.5, 0.6) is 0 Å². The normalized spacial score (nSPS) is 12.8. The van der Waals surface area contributed by atoms with Gasteiger partial charge in [0.2, 0.25) is 11.0 Å². The summed E-state index contributed by atoms with van der Waals surface area (Å²) in [6.45, 7) is 16.8. The van der Waals surface area contributed by atoms with Crippen LogP contribution >= 0.6 is 23.4 Å². The number of ether oxygens (including phenoxy) is 1. The van der Waals surface area contributed by atoms with Gasteiger partial charge in [-0.05, 0) is 69.9 Å². The molecule has 1 fully saturated rings. The number of esters is 1. The molecule has 0 unspecified atom stereocenters. The predicted octanol–water partition coefficient (Wildman–Crippen LogP) is 4.63. The number of nitrogens with zero attached hydrogens (tertiary/aromatic N) is 5. The maximum absolute atomic E-state index is 11.2. The van der Waals surface area contributed by atoms with Gasteiger partial charge in [0.05, 0.1) is 18.1 Å². The highest BCUT2D eigenvalue weighted by atomic mass is 35.5. The number of halogens is 1. The van der Waals surface area contributed by atoms with Gasteiger partial charge >= 0.3 is 11.7 Å². The quantitative estimate of drug-likeness (QED) is 0.0883. The molecule has 1 aromatic heterocycles. The summed E-state index contributed by atoms with van der Waals surface area (Å²) in [7, 11) is 0. The average Bonchev–Trinajstić information content (AvgIpc) is 3.43. The van der Waals surface area contributed by atoms with E-state index in [0.29, 0.717) is 18.3 Å². The van der Waals surface area contributed by atoms with Gasteiger partial charge in [0, 0.05) is 13.1 Å². The number of carbonyl (C=O) groups is 1. The minimum absolute atomic E-state index is 0.194. The molecule has 1 aliphatic heterocycles. The van der Waals surface area contributed by atoms with Crippen molar-refractivity contribution in [2.45, 2.75) is 58.8 Å². The van der Waals surface area contributed by atoms with Crippen LogP contribution in [0.4, 0.5) is 11.5 Å². The fourth-order valence-electron chi connectivity index (χ4n) is 3.91. The maximum Gasteiger partial charge on any atom is 0.348 e. The van der Waals surface area contributed by atoms with Crippen LogP contribution in [0.15, 0.2) is 29.4 Å². The number of thioether (sulfide) groups is 1. The highest BCUT2D eigenvalue weighted by Crippen LogP contribution is 2.28. The van der Waals surface area contributed by atoms with E-state index in [2.05, 4.69) is 70.1 Å². The zero-order valence-corrected chi connectivity index (χ0v) is 25.9. The molecule has 0 aliphatic carbocycles. The first-order valence-corrected chi connectivity index (χ1v) is 15.2. The van der Waals surface area contributed by atoms with Gasteiger partial charge in [-0.15, -0.1) is 0 Å². The van der Waals surface area contributed by atoms with Crippen molar-refractivity contribution >= 4 is 40.8 Å². The van der Waals surface area contributed by atoms with Gasteiger partial charge in [-0.25, -0.2) is 4.98 Å². The number of nitrogens with two attached hydrogens (primary N) is 1. The van der Waals surface area contributed by atoms with Gasteiger partial charge in [-0.1, -0.05) is 68.4 Å². The number of nitrogen functional groups attached to an aromatic ring is 1. The number of aromatic nitrogens is 2. The van der Waals surface area contributed by atoms with Gasteiger partial charge < -0.3 is 20.7 Å². The summed E-state index contributed by atoms with van der Waals surface area (Å²) >= 11 is 6.73. The molecular weight excluding hydrogens is 554 g/mol. The number of benzene rings is 1. The summed E-state index contributed by atoms with van der Waals surface area (Å²) in [6.07, 6.45) is 4.36. The Balaban J connectivity index is 0.000000343. The van der Waals surface area contributed by atoms with E-state index < -0.39 is 10.6 Å². The largest absolute Gasteiger partial charge is 0.465 e. The van der Waals surface area contributed by atoms with Crippen molar-refractivity contribution in [2.24, 2.45) is 0 Å². The van der Waals surface area contributed by atoms with Crippen LogP contribution in [0.25, 0.3) is 0 Å². The van der Waals surface area contributed by atoms with E-state index in [1.54, 1.807) is 6.26 Å². The highest BCUT2D eigenvalue weighted by molar-refractivity contribution is 7.98. The number of likely N-dealkylation sites (tertiary alicyclic amines) is 1. The van der Waals surface area contributed by atoms with Crippen molar-refractivity contribution in [3.63, 3.8) is 0 Å². The van der Waals surface area contributed by atoms with Gasteiger partial charge in [0.15, 0.2) is 5.16 Å². The second kappa shape index (κ2) is 20.4. The lowest BCUT2D eigenvalue weighted by Gasteiger charge is -2.15. The summed E-state index contributed by atoms with van der Waals surface area (Å²) in [6, 6.07) is 8.57. The molecule has 1 saturated heterocycles. The van der Waals surface area contributed by atoms with Crippen LogP contribution in [-0.4, -0.2) is 82.8 Å². The van der Waals surface area contributed by atoms with Crippen LogP contribution in [0.1, 0.15) is 51.7 Å². The maximum atomic E-state index is 11.2. The Labute approximate surface area is 247 Å². The van der Waals surface area contributed by atoms with E-state index in [-0.39, 0.29) is 23.5 Å². The number of carbonyl (C=O) groups excluding carboxylic acids is 1. The molecule has 1 aromatic carbocycles. The molecule has 3 rings (SSSR count). The van der Waals surface area contributed by atoms with E-state index in [9.17, 15) is 14.9 Å². The predicted molar refractivity (Wildman–Crippen MR) is 163 cm³/mol. The van der Waals surface area contributed by atoms with Crippen molar-refractivity contribution in [1.82, 2.24) is 25.1 Å². The van der Waals surface area contributed by atoms with E-state index in [1.807, 2.05) is 6.92 Å². The minimum Gasteiger partial charge on any atom is -0.465 e. The number of anilines is 1. The van der Waals surface area contributed by atoms with Crippen LogP contribution in [-0.2, 0) is 22.6 Å². The lowest BCUT2D eigenvalue weighted by atomic mass is 10.1. The van der Waals surface area contributed by atoms with Crippen LogP contribution in [0.3, 0.4) is 0 Å². The molecule has 0 saturated carbocycles. The number of hydrogen-bond donors (Lipinski definition) is 2. The number of hydrogen-bond acceptors (Lipinski definition) is 11. The Kier molecular flexibility index (Phi) is 18.1. The van der Waals surface area contributed by atoms with Crippen molar-refractivity contribution in [3.05, 3.63) is 50.7 Å². The number of nitro groups is 1. The topological polar surface area (TPSA) is 140 Å². The van der Waals surface area contributed by atoms with Gasteiger partial charge in [-0.2, -0.15) is 4.98 Å². The monoisotopic (exact) mass is 597 g/mol. The van der Waals surface area contributed by atoms with E-state index >= 15 is 0 Å². The first kappa shape index (κ1) is 35.5. The molecule has 11 nitrogen and oxygen atoms in total. The van der Waals surface area contributed by atoms with Crippen LogP contribution < -0.4 is 11.1 Å². The van der Waals surface area contributed by atoms with E-state index in [0.717, 1.165) is 6.54 Å². The SMILES string of the molecule is CCN(CC)CC.CCOC(=O)CNCc1cccc(CN2CCCC2)c1.CSc1nc(N)c([N+](=O)[O-])c(Cl)n1. The Morgan fingerprint density at radius 2 is 1.80 bits per heavy atom. The molecule has 0 bridgehead atoms. The van der Waals surface area contributed by atoms with Gasteiger partial charge in [0.25, 0.3) is 0 Å². The molecule has 13 heteroatoms. The standard InChI is InChI=1S/C16H24N2O2.C6H15N.C5H5ClN4O2S/c1-2-20-16(19)12-17-11-14-6-5-7-15(10-14)13-18-8-3-4-9-18;1-4-7(5-2)6-3;1-13-5-8-3(6)2(10(11)12)4(7)9-5/h5-7,10,17H,2-4,8-9,11-13H2,1H3;4-6H2,1-3H3;1H3,(H2,7,8,9). The number of nitrogens with one attached hydrogen (secondary N) is 1. The highest BCUT2D eigenvalue weighted by Gasteiger charge is 2.21. The lowest BCUT2D eigenvalue weighted by Crippen LogP contribution is -2.24. The van der Waals surface area contributed by atoms with Crippen molar-refractivity contribution in [1.29, 1.82) is 0 Å². The molecule has 2 aromatic rings. The minimum atomic E-state index is -0.707. The first-order valence-electron chi connectivity index (χ1n) is 13.6. The summed E-state index contributed by atoms with van der Waals surface area (Å²) in [4.78, 5) is 33.1. The van der Waals surface area contributed by atoms with E-state index in [4.69, 9.17) is 22.1 Å². The van der Waals surface area contributed by atoms with Gasteiger partial charge in [0.1, 0.15) is 0 Å². The molecule has 2 heterocycles. The summed E-state index contributed by atoms with van der Waals surface area (Å²) in [5.74, 6) is -0.407. The second-order valence-corrected chi connectivity index (χ2v) is 9.95. The number of rotatable bonds is 12. The molecule has 0 radical (unpaired) electrons. The summed E-state index contributed by atoms with van der Waals surface area (Å²) in [5.41, 5.74) is 7.43. The molecule has 1 aliphatic rings. The zero-order chi connectivity index (χ0) is 29.9. The molecule has 40 heavy (non-hydrogen) atoms. The summed E-state index contributed by atoms with van der Waals surface area (Å²) < 4.78 is 4.88. The van der Waals surface area contributed by atoms with Crippen LogP contribution in [0, 0.1) is 10.1 Å². The molecular formula is C27H44ClN7O4S. The Morgan fingerprint density at radius 3 is 2.30 bits per heavy atom.